The Morgan fingerprint density at radius 2 is 1.92 bits per heavy atom. The first kappa shape index (κ1) is 16.7. The number of aromatic nitrogens is 2. The van der Waals surface area contributed by atoms with Crippen LogP contribution in [0.4, 0.5) is 0 Å². The second-order valence-corrected chi connectivity index (χ2v) is 8.77. The first-order valence-electron chi connectivity index (χ1n) is 8.11. The molecule has 7 nitrogen and oxygen atoms in total. The lowest BCUT2D eigenvalue weighted by atomic mass is 10.2. The van der Waals surface area contributed by atoms with Gasteiger partial charge in [-0.25, -0.2) is 8.42 Å². The van der Waals surface area contributed by atoms with E-state index in [1.165, 1.54) is 0 Å². The van der Waals surface area contributed by atoms with E-state index in [9.17, 15) is 8.42 Å². The van der Waals surface area contributed by atoms with Crippen LogP contribution in [0.3, 0.4) is 0 Å². The van der Waals surface area contributed by atoms with Crippen molar-refractivity contribution in [2.45, 2.75) is 36.7 Å². The minimum Gasteiger partial charge on any atom is -0.489 e. The quantitative estimate of drug-likeness (QED) is 0.782. The van der Waals surface area contributed by atoms with Gasteiger partial charge in [-0.05, 0) is 30.5 Å². The lowest BCUT2D eigenvalue weighted by Crippen LogP contribution is -2.08. The fourth-order valence-electron chi connectivity index (χ4n) is 2.68. The van der Waals surface area contributed by atoms with Crippen molar-refractivity contribution in [1.82, 2.24) is 10.2 Å². The highest BCUT2D eigenvalue weighted by Crippen LogP contribution is 2.40. The van der Waals surface area contributed by atoms with Crippen LogP contribution in [0.5, 0.6) is 11.5 Å². The molecule has 0 bridgehead atoms. The van der Waals surface area contributed by atoms with Crippen LogP contribution in [-0.2, 0) is 21.3 Å². The van der Waals surface area contributed by atoms with Crippen molar-refractivity contribution < 1.29 is 22.3 Å². The Morgan fingerprint density at radius 3 is 2.72 bits per heavy atom. The highest BCUT2D eigenvalue weighted by molar-refractivity contribution is 7.89. The van der Waals surface area contributed by atoms with E-state index in [4.69, 9.17) is 25.5 Å². The lowest BCUT2D eigenvalue weighted by Gasteiger charge is -2.11. The average Bonchev–Trinajstić information content (AvgIpc) is 3.32. The molecule has 2 heterocycles. The highest BCUT2D eigenvalue weighted by Gasteiger charge is 2.30. The molecule has 2 aliphatic rings. The summed E-state index contributed by atoms with van der Waals surface area (Å²) in [7, 11) is -3.48. The van der Waals surface area contributed by atoms with Crippen molar-refractivity contribution in [3.05, 3.63) is 34.5 Å². The highest BCUT2D eigenvalue weighted by atomic mass is 35.5. The number of sulfone groups is 1. The van der Waals surface area contributed by atoms with Gasteiger partial charge in [-0.1, -0.05) is 11.6 Å². The molecule has 4 rings (SSSR count). The van der Waals surface area contributed by atoms with Gasteiger partial charge >= 0.3 is 0 Å². The van der Waals surface area contributed by atoms with Crippen LogP contribution in [0.25, 0.3) is 0 Å². The molecule has 0 atom stereocenters. The lowest BCUT2D eigenvalue weighted by molar-refractivity contribution is 0.297. The van der Waals surface area contributed by atoms with Gasteiger partial charge in [0.1, 0.15) is 5.75 Å². The van der Waals surface area contributed by atoms with Gasteiger partial charge in [0.25, 0.3) is 0 Å². The van der Waals surface area contributed by atoms with Crippen LogP contribution in [-0.4, -0.2) is 31.8 Å². The van der Waals surface area contributed by atoms with E-state index >= 15 is 0 Å². The summed E-state index contributed by atoms with van der Waals surface area (Å²) in [6.07, 6.45) is 2.79. The zero-order chi connectivity index (χ0) is 17.4. The molecule has 134 valence electrons. The number of fused-ring (bicyclic) bond motifs is 1. The second-order valence-electron chi connectivity index (χ2n) is 6.30. The number of hydrogen-bond acceptors (Lipinski definition) is 7. The Hall–Kier alpha value is -1.80. The summed E-state index contributed by atoms with van der Waals surface area (Å²) in [6.45, 7) is 1.02. The number of rotatable bonds is 5. The largest absolute Gasteiger partial charge is 0.489 e. The van der Waals surface area contributed by atoms with Crippen molar-refractivity contribution in [3.8, 4) is 11.5 Å². The first-order chi connectivity index (χ1) is 12.0. The Labute approximate surface area is 150 Å². The molecule has 0 unspecified atom stereocenters. The Kier molecular flexibility index (Phi) is 4.33. The van der Waals surface area contributed by atoms with Gasteiger partial charge in [-0.3, -0.25) is 0 Å². The van der Waals surface area contributed by atoms with Gasteiger partial charge in [0.05, 0.1) is 24.0 Å². The van der Waals surface area contributed by atoms with E-state index in [0.717, 1.165) is 19.3 Å². The molecule has 2 aromatic rings. The van der Waals surface area contributed by atoms with Crippen LogP contribution >= 0.6 is 11.6 Å². The van der Waals surface area contributed by atoms with Crippen molar-refractivity contribution >= 4 is 21.4 Å². The molecule has 0 amide bonds. The third-order valence-electron chi connectivity index (χ3n) is 4.00. The predicted molar refractivity (Wildman–Crippen MR) is 89.7 cm³/mol. The molecular formula is C16H17ClN2O5S. The molecule has 1 aromatic carbocycles. The molecular weight excluding hydrogens is 368 g/mol. The van der Waals surface area contributed by atoms with Gasteiger partial charge < -0.3 is 13.9 Å². The topological polar surface area (TPSA) is 91.5 Å². The van der Waals surface area contributed by atoms with Crippen LogP contribution in [0.2, 0.25) is 5.02 Å². The second kappa shape index (κ2) is 6.49. The molecule has 1 saturated carbocycles. The van der Waals surface area contributed by atoms with Gasteiger partial charge in [0, 0.05) is 12.3 Å². The summed E-state index contributed by atoms with van der Waals surface area (Å²) in [5, 5.41) is 8.10. The van der Waals surface area contributed by atoms with E-state index in [0.29, 0.717) is 47.1 Å². The number of hydrogen-bond donors (Lipinski definition) is 0. The zero-order valence-corrected chi connectivity index (χ0v) is 15.0. The van der Waals surface area contributed by atoms with Crippen molar-refractivity contribution in [2.24, 2.45) is 0 Å². The molecule has 1 aromatic heterocycles. The van der Waals surface area contributed by atoms with Gasteiger partial charge in [0.2, 0.25) is 11.8 Å². The van der Waals surface area contributed by atoms with E-state index in [2.05, 4.69) is 10.2 Å². The van der Waals surface area contributed by atoms with Crippen LogP contribution in [0, 0.1) is 0 Å². The molecule has 0 N–H and O–H groups in total. The van der Waals surface area contributed by atoms with Crippen molar-refractivity contribution in [3.63, 3.8) is 0 Å². The average molecular weight is 385 g/mol. The summed E-state index contributed by atoms with van der Waals surface area (Å²) in [6, 6.07) is 3.25. The molecule has 1 aliphatic carbocycles. The van der Waals surface area contributed by atoms with Crippen molar-refractivity contribution in [2.75, 3.05) is 13.2 Å². The smallest absolute Gasteiger partial charge is 0.231 e. The summed E-state index contributed by atoms with van der Waals surface area (Å²) >= 11 is 6.21. The molecule has 25 heavy (non-hydrogen) atoms. The van der Waals surface area contributed by atoms with Gasteiger partial charge in [0.15, 0.2) is 21.3 Å². The first-order valence-corrected chi connectivity index (χ1v) is 10.3. The summed E-state index contributed by atoms with van der Waals surface area (Å²) in [5.74, 6) is 1.41. The number of nitrogens with zero attached hydrogens (tertiary/aromatic N) is 2. The van der Waals surface area contributed by atoms with Crippen LogP contribution in [0.1, 0.15) is 42.5 Å². The normalized spacial score (nSPS) is 17.3. The molecule has 0 spiro atoms. The van der Waals surface area contributed by atoms with Crippen LogP contribution < -0.4 is 9.47 Å². The Morgan fingerprint density at radius 1 is 1.12 bits per heavy atom. The summed E-state index contributed by atoms with van der Waals surface area (Å²) in [5.41, 5.74) is 0.538. The molecule has 0 radical (unpaired) electrons. The third kappa shape index (κ3) is 3.90. The van der Waals surface area contributed by atoms with Crippen LogP contribution in [0.15, 0.2) is 16.5 Å². The maximum atomic E-state index is 12.5. The maximum absolute atomic E-state index is 12.5. The van der Waals surface area contributed by atoms with E-state index < -0.39 is 9.84 Å². The molecule has 9 heteroatoms. The Bertz CT molecular complexity index is 892. The van der Waals surface area contributed by atoms with Gasteiger partial charge in [-0.15, -0.1) is 10.2 Å². The number of ether oxygens (including phenoxy) is 2. The van der Waals surface area contributed by atoms with Crippen molar-refractivity contribution in [1.29, 1.82) is 0 Å². The standard InChI is InChI=1S/C16H17ClN2O5S/c17-12-6-10(7-13-15(12)23-5-1-4-22-13)8-25(20,21)9-14-18-19-16(24-14)11-2-3-11/h6-7,11H,1-5,8-9H2. The molecule has 1 fully saturated rings. The monoisotopic (exact) mass is 384 g/mol. The molecule has 1 aliphatic heterocycles. The van der Waals surface area contributed by atoms with E-state index in [1.807, 2.05) is 0 Å². The number of benzene rings is 1. The Balaban J connectivity index is 1.51. The minimum absolute atomic E-state index is 0.127. The van der Waals surface area contributed by atoms with E-state index in [-0.39, 0.29) is 17.4 Å². The zero-order valence-electron chi connectivity index (χ0n) is 13.4. The van der Waals surface area contributed by atoms with Gasteiger partial charge in [-0.2, -0.15) is 0 Å². The third-order valence-corrected chi connectivity index (χ3v) is 5.74. The SMILES string of the molecule is O=S(=O)(Cc1cc(Cl)c2c(c1)OCCCO2)Cc1nnc(C2CC2)o1. The molecule has 0 saturated heterocycles. The fourth-order valence-corrected chi connectivity index (χ4v) is 4.24. The van der Waals surface area contributed by atoms with E-state index in [1.54, 1.807) is 12.1 Å². The number of halogens is 1. The summed E-state index contributed by atoms with van der Waals surface area (Å²) in [4.78, 5) is 0. The predicted octanol–water partition coefficient (Wildman–Crippen LogP) is 2.88. The summed E-state index contributed by atoms with van der Waals surface area (Å²) < 4.78 is 41.5. The minimum atomic E-state index is -3.48. The fraction of sp³-hybridized carbons (Fsp3) is 0.500. The maximum Gasteiger partial charge on any atom is 0.231 e.